The number of hydrogen-bond acceptors (Lipinski definition) is 3. The molecule has 0 radical (unpaired) electrons. The molecule has 1 unspecified atom stereocenters. The van der Waals surface area contributed by atoms with Gasteiger partial charge in [-0.3, -0.25) is 4.79 Å². The van der Waals surface area contributed by atoms with E-state index in [1.54, 1.807) is 6.07 Å². The lowest BCUT2D eigenvalue weighted by atomic mass is 10.1. The van der Waals surface area contributed by atoms with Gasteiger partial charge in [-0.25, -0.2) is 4.79 Å². The number of aromatic amines is 1. The van der Waals surface area contributed by atoms with Gasteiger partial charge in [0.2, 0.25) is 0 Å². The number of carboxylic acid groups (broad SMARTS) is 1. The van der Waals surface area contributed by atoms with Gasteiger partial charge in [-0.1, -0.05) is 18.2 Å². The summed E-state index contributed by atoms with van der Waals surface area (Å²) in [6.45, 7) is 5.94. The highest BCUT2D eigenvalue weighted by atomic mass is 16.5. The molecule has 1 heterocycles. The van der Waals surface area contributed by atoms with E-state index in [-0.39, 0.29) is 18.6 Å². The number of fused-ring (bicyclic) bond motifs is 1. The first-order chi connectivity index (χ1) is 10.8. The fraction of sp³-hybridized carbons (Fsp3) is 0.412. The summed E-state index contributed by atoms with van der Waals surface area (Å²) in [5.41, 5.74) is 0.833. The fourth-order valence-corrected chi connectivity index (χ4v) is 2.17. The molecule has 0 spiro atoms. The molecule has 6 heteroatoms. The Morgan fingerprint density at radius 2 is 2.00 bits per heavy atom. The molecule has 23 heavy (non-hydrogen) atoms. The Labute approximate surface area is 134 Å². The van der Waals surface area contributed by atoms with Crippen molar-refractivity contribution in [1.29, 1.82) is 0 Å². The van der Waals surface area contributed by atoms with Gasteiger partial charge in [-0.05, 0) is 32.9 Å². The Morgan fingerprint density at radius 1 is 1.30 bits per heavy atom. The summed E-state index contributed by atoms with van der Waals surface area (Å²) in [5.74, 6) is -1.52. The van der Waals surface area contributed by atoms with Crippen LogP contribution in [-0.4, -0.2) is 40.2 Å². The second-order valence-electron chi connectivity index (χ2n) is 6.38. The lowest BCUT2D eigenvalue weighted by Gasteiger charge is -2.21. The van der Waals surface area contributed by atoms with E-state index in [4.69, 9.17) is 4.74 Å². The number of carbonyl (C=O) groups is 2. The molecule has 0 aliphatic rings. The standard InChI is InChI=1S/C17H22N2O4/c1-17(2,3)23-9-8-13(16(21)22)19-15(20)14-10-11-6-4-5-7-12(11)18-14/h4-7,10,13,18H,8-9H2,1-3H3,(H,19,20)(H,21,22). The van der Waals surface area contributed by atoms with Crippen molar-refractivity contribution in [2.75, 3.05) is 6.61 Å². The van der Waals surface area contributed by atoms with Crippen LogP contribution in [0.3, 0.4) is 0 Å². The molecular weight excluding hydrogens is 296 g/mol. The van der Waals surface area contributed by atoms with Gasteiger partial charge in [0.05, 0.1) is 5.60 Å². The number of H-pyrrole nitrogens is 1. The Balaban J connectivity index is 2.01. The van der Waals surface area contributed by atoms with Crippen molar-refractivity contribution in [3.63, 3.8) is 0 Å². The van der Waals surface area contributed by atoms with Gasteiger partial charge in [0.15, 0.2) is 0 Å². The number of carbonyl (C=O) groups excluding carboxylic acids is 1. The van der Waals surface area contributed by atoms with E-state index < -0.39 is 17.9 Å². The van der Waals surface area contributed by atoms with Crippen LogP contribution in [0.25, 0.3) is 10.9 Å². The molecule has 1 aromatic heterocycles. The van der Waals surface area contributed by atoms with Gasteiger partial charge in [0, 0.05) is 23.9 Å². The van der Waals surface area contributed by atoms with Gasteiger partial charge in [-0.2, -0.15) is 0 Å². The maximum atomic E-state index is 12.2. The van der Waals surface area contributed by atoms with E-state index >= 15 is 0 Å². The van der Waals surface area contributed by atoms with Crippen LogP contribution < -0.4 is 5.32 Å². The number of benzene rings is 1. The van der Waals surface area contributed by atoms with Crippen LogP contribution >= 0.6 is 0 Å². The third-order valence-corrected chi connectivity index (χ3v) is 3.32. The fourth-order valence-electron chi connectivity index (χ4n) is 2.17. The maximum absolute atomic E-state index is 12.2. The first kappa shape index (κ1) is 17.0. The van der Waals surface area contributed by atoms with Crippen molar-refractivity contribution in [1.82, 2.24) is 10.3 Å². The van der Waals surface area contributed by atoms with Gasteiger partial charge < -0.3 is 20.1 Å². The van der Waals surface area contributed by atoms with Crippen LogP contribution in [0.5, 0.6) is 0 Å². The SMILES string of the molecule is CC(C)(C)OCCC(NC(=O)c1cc2ccccc2[nH]1)C(=O)O. The molecule has 1 amide bonds. The van der Waals surface area contributed by atoms with Gasteiger partial charge in [0.25, 0.3) is 5.91 Å². The van der Waals surface area contributed by atoms with Gasteiger partial charge in [-0.15, -0.1) is 0 Å². The molecule has 6 nitrogen and oxygen atoms in total. The molecule has 0 fully saturated rings. The molecule has 0 saturated carbocycles. The van der Waals surface area contributed by atoms with Crippen molar-refractivity contribution < 1.29 is 19.4 Å². The topological polar surface area (TPSA) is 91.4 Å². The van der Waals surface area contributed by atoms with Crippen LogP contribution in [0.2, 0.25) is 0 Å². The monoisotopic (exact) mass is 318 g/mol. The number of carboxylic acids is 1. The first-order valence-corrected chi connectivity index (χ1v) is 7.51. The molecule has 2 rings (SSSR count). The van der Waals surface area contributed by atoms with Crippen molar-refractivity contribution in [2.45, 2.75) is 38.8 Å². The van der Waals surface area contributed by atoms with Gasteiger partial charge in [0.1, 0.15) is 11.7 Å². The highest BCUT2D eigenvalue weighted by molar-refractivity contribution is 5.99. The second kappa shape index (κ2) is 6.83. The normalized spacial score (nSPS) is 13.0. The number of amides is 1. The van der Waals surface area contributed by atoms with Crippen molar-refractivity contribution in [3.8, 4) is 0 Å². The predicted molar refractivity (Wildman–Crippen MR) is 87.5 cm³/mol. The van der Waals surface area contributed by atoms with Crippen LogP contribution in [0, 0.1) is 0 Å². The zero-order valence-electron chi connectivity index (χ0n) is 13.6. The minimum Gasteiger partial charge on any atom is -0.480 e. The van der Waals surface area contributed by atoms with Crippen LogP contribution in [0.15, 0.2) is 30.3 Å². The molecule has 124 valence electrons. The van der Waals surface area contributed by atoms with Crippen molar-refractivity contribution in [3.05, 3.63) is 36.0 Å². The summed E-state index contributed by atoms with van der Waals surface area (Å²) in [6.07, 6.45) is 0.207. The van der Waals surface area contributed by atoms with E-state index in [9.17, 15) is 14.7 Å². The smallest absolute Gasteiger partial charge is 0.326 e. The number of rotatable bonds is 6. The number of nitrogens with one attached hydrogen (secondary N) is 2. The summed E-state index contributed by atoms with van der Waals surface area (Å²) in [4.78, 5) is 26.5. The van der Waals surface area contributed by atoms with Gasteiger partial charge >= 0.3 is 5.97 Å². The Hall–Kier alpha value is -2.34. The Morgan fingerprint density at radius 3 is 2.61 bits per heavy atom. The number of aliphatic carboxylic acids is 1. The molecule has 1 aromatic carbocycles. The first-order valence-electron chi connectivity index (χ1n) is 7.51. The lowest BCUT2D eigenvalue weighted by molar-refractivity contribution is -0.140. The van der Waals surface area contributed by atoms with Crippen molar-refractivity contribution in [2.24, 2.45) is 0 Å². The van der Waals surface area contributed by atoms with Crippen molar-refractivity contribution >= 4 is 22.8 Å². The minimum atomic E-state index is -1.08. The minimum absolute atomic E-state index is 0.207. The average molecular weight is 318 g/mol. The predicted octanol–water partition coefficient (Wildman–Crippen LogP) is 2.56. The average Bonchev–Trinajstić information content (AvgIpc) is 2.88. The lowest BCUT2D eigenvalue weighted by Crippen LogP contribution is -2.42. The molecule has 0 saturated heterocycles. The van der Waals surface area contributed by atoms with E-state index in [1.807, 2.05) is 45.0 Å². The van der Waals surface area contributed by atoms with E-state index in [1.165, 1.54) is 0 Å². The summed E-state index contributed by atoms with van der Waals surface area (Å²) in [7, 11) is 0. The third kappa shape index (κ3) is 4.82. The second-order valence-corrected chi connectivity index (χ2v) is 6.38. The Bertz CT molecular complexity index is 667. The largest absolute Gasteiger partial charge is 0.480 e. The molecule has 2 aromatic rings. The maximum Gasteiger partial charge on any atom is 0.326 e. The molecule has 0 aliphatic heterocycles. The third-order valence-electron chi connectivity index (χ3n) is 3.32. The summed E-state index contributed by atoms with van der Waals surface area (Å²) >= 11 is 0. The summed E-state index contributed by atoms with van der Waals surface area (Å²) in [6, 6.07) is 8.20. The molecule has 3 N–H and O–H groups in total. The molecule has 0 bridgehead atoms. The molecule has 1 atom stereocenters. The quantitative estimate of drug-likeness (QED) is 0.763. The van der Waals surface area contributed by atoms with Crippen LogP contribution in [0.4, 0.5) is 0 Å². The van der Waals surface area contributed by atoms with E-state index in [2.05, 4.69) is 10.3 Å². The molecular formula is C17H22N2O4. The highest BCUT2D eigenvalue weighted by Gasteiger charge is 2.22. The Kier molecular flexibility index (Phi) is 5.05. The molecule has 0 aliphatic carbocycles. The van der Waals surface area contributed by atoms with E-state index in [0.717, 1.165) is 10.9 Å². The summed E-state index contributed by atoms with van der Waals surface area (Å²) in [5, 5.41) is 12.7. The zero-order chi connectivity index (χ0) is 17.0. The number of hydrogen-bond donors (Lipinski definition) is 3. The highest BCUT2D eigenvalue weighted by Crippen LogP contribution is 2.15. The zero-order valence-corrected chi connectivity index (χ0v) is 13.6. The number of aromatic nitrogens is 1. The number of para-hydroxylation sites is 1. The summed E-state index contributed by atoms with van der Waals surface area (Å²) < 4.78 is 5.52. The van der Waals surface area contributed by atoms with Crippen LogP contribution in [0.1, 0.15) is 37.7 Å². The van der Waals surface area contributed by atoms with Crippen LogP contribution in [-0.2, 0) is 9.53 Å². The number of ether oxygens (including phenoxy) is 1. The van der Waals surface area contributed by atoms with E-state index in [0.29, 0.717) is 5.69 Å².